The summed E-state index contributed by atoms with van der Waals surface area (Å²) in [6.45, 7) is 6.00. The van der Waals surface area contributed by atoms with Gasteiger partial charge in [0.25, 0.3) is 0 Å². The van der Waals surface area contributed by atoms with Crippen molar-refractivity contribution in [3.63, 3.8) is 0 Å². The van der Waals surface area contributed by atoms with E-state index in [9.17, 15) is 4.79 Å². The molecule has 3 nitrogen and oxygen atoms in total. The number of hydrogen-bond acceptors (Lipinski definition) is 3. The van der Waals surface area contributed by atoms with Gasteiger partial charge in [-0.15, -0.1) is 0 Å². The van der Waals surface area contributed by atoms with Crippen LogP contribution >= 0.6 is 0 Å². The SMILES string of the molecule is CCNCC1OCC(=O)C1C. The second kappa shape index (κ2) is 3.83. The fraction of sp³-hybridized carbons (Fsp3) is 0.875. The Kier molecular flexibility index (Phi) is 3.02. The largest absolute Gasteiger partial charge is 0.368 e. The minimum atomic E-state index is 0.0778. The number of carbonyl (C=O) groups excluding carboxylic acids is 1. The van der Waals surface area contributed by atoms with Crippen LogP contribution in [0.25, 0.3) is 0 Å². The number of Topliss-reactive ketones (excluding diaryl/α,β-unsaturated/α-hetero) is 1. The predicted octanol–water partition coefficient (Wildman–Crippen LogP) is 0.200. The Balaban J connectivity index is 2.30. The number of carbonyl (C=O) groups is 1. The molecule has 0 aromatic heterocycles. The summed E-state index contributed by atoms with van der Waals surface area (Å²) in [5.41, 5.74) is 0. The Morgan fingerprint density at radius 3 is 2.91 bits per heavy atom. The third-order valence-electron chi connectivity index (χ3n) is 2.10. The number of nitrogens with one attached hydrogen (secondary N) is 1. The van der Waals surface area contributed by atoms with Gasteiger partial charge in [0.2, 0.25) is 0 Å². The molecule has 3 heteroatoms. The number of ether oxygens (including phenoxy) is 1. The Morgan fingerprint density at radius 2 is 2.45 bits per heavy atom. The number of ketones is 1. The van der Waals surface area contributed by atoms with Crippen LogP contribution in [0.5, 0.6) is 0 Å². The molecule has 2 unspecified atom stereocenters. The highest BCUT2D eigenvalue weighted by molar-refractivity contribution is 5.84. The second-order valence-corrected chi connectivity index (χ2v) is 2.91. The van der Waals surface area contributed by atoms with Crippen LogP contribution in [0.15, 0.2) is 0 Å². The van der Waals surface area contributed by atoms with Crippen LogP contribution in [0.2, 0.25) is 0 Å². The topological polar surface area (TPSA) is 38.3 Å². The molecule has 0 aromatic carbocycles. The van der Waals surface area contributed by atoms with E-state index in [1.807, 2.05) is 13.8 Å². The van der Waals surface area contributed by atoms with Crippen molar-refractivity contribution in [2.45, 2.75) is 20.0 Å². The highest BCUT2D eigenvalue weighted by atomic mass is 16.5. The number of hydrogen-bond donors (Lipinski definition) is 1. The average Bonchev–Trinajstić information content (AvgIpc) is 2.31. The lowest BCUT2D eigenvalue weighted by Crippen LogP contribution is -2.30. The molecular weight excluding hydrogens is 142 g/mol. The molecule has 1 aliphatic rings. The van der Waals surface area contributed by atoms with E-state index >= 15 is 0 Å². The van der Waals surface area contributed by atoms with Gasteiger partial charge in [0.15, 0.2) is 5.78 Å². The maximum Gasteiger partial charge on any atom is 0.163 e. The Hall–Kier alpha value is -0.410. The van der Waals surface area contributed by atoms with Gasteiger partial charge in [-0.05, 0) is 6.54 Å². The molecule has 0 saturated carbocycles. The predicted molar refractivity (Wildman–Crippen MR) is 42.5 cm³/mol. The van der Waals surface area contributed by atoms with Gasteiger partial charge in [0.05, 0.1) is 6.10 Å². The van der Waals surface area contributed by atoms with E-state index in [1.165, 1.54) is 0 Å². The zero-order chi connectivity index (χ0) is 8.27. The quantitative estimate of drug-likeness (QED) is 0.636. The van der Waals surface area contributed by atoms with Crippen LogP contribution < -0.4 is 5.32 Å². The molecule has 1 N–H and O–H groups in total. The zero-order valence-electron chi connectivity index (χ0n) is 7.09. The Bertz CT molecular complexity index is 147. The lowest BCUT2D eigenvalue weighted by molar-refractivity contribution is -0.120. The van der Waals surface area contributed by atoms with Crippen LogP contribution in [-0.2, 0) is 9.53 Å². The van der Waals surface area contributed by atoms with Crippen molar-refractivity contribution in [3.05, 3.63) is 0 Å². The zero-order valence-corrected chi connectivity index (χ0v) is 7.09. The van der Waals surface area contributed by atoms with Gasteiger partial charge in [-0.1, -0.05) is 13.8 Å². The Labute approximate surface area is 67.1 Å². The van der Waals surface area contributed by atoms with Gasteiger partial charge in [-0.2, -0.15) is 0 Å². The summed E-state index contributed by atoms with van der Waals surface area (Å²) in [5.74, 6) is 0.307. The van der Waals surface area contributed by atoms with Crippen molar-refractivity contribution >= 4 is 5.78 Å². The summed E-state index contributed by atoms with van der Waals surface area (Å²) >= 11 is 0. The van der Waals surface area contributed by atoms with Crippen molar-refractivity contribution in [3.8, 4) is 0 Å². The van der Waals surface area contributed by atoms with Gasteiger partial charge < -0.3 is 10.1 Å². The van der Waals surface area contributed by atoms with E-state index in [0.29, 0.717) is 6.61 Å². The van der Waals surface area contributed by atoms with Gasteiger partial charge in [-0.3, -0.25) is 4.79 Å². The maximum absolute atomic E-state index is 11.0. The minimum Gasteiger partial charge on any atom is -0.368 e. The van der Waals surface area contributed by atoms with E-state index < -0.39 is 0 Å². The molecule has 0 spiro atoms. The summed E-state index contributed by atoms with van der Waals surface area (Å²) in [5, 5.41) is 3.16. The van der Waals surface area contributed by atoms with Gasteiger partial charge in [0, 0.05) is 12.5 Å². The smallest absolute Gasteiger partial charge is 0.163 e. The summed E-state index contributed by atoms with van der Waals surface area (Å²) in [6.07, 6.45) is 0.0995. The number of likely N-dealkylation sites (N-methyl/N-ethyl adjacent to an activating group) is 1. The van der Waals surface area contributed by atoms with Crippen LogP contribution in [0.3, 0.4) is 0 Å². The Morgan fingerprint density at radius 1 is 1.73 bits per heavy atom. The molecule has 1 rings (SSSR count). The van der Waals surface area contributed by atoms with Crippen molar-refractivity contribution in [2.24, 2.45) is 5.92 Å². The van der Waals surface area contributed by atoms with Gasteiger partial charge in [-0.25, -0.2) is 0 Å². The number of rotatable bonds is 3. The first-order valence-electron chi connectivity index (χ1n) is 4.10. The first-order chi connectivity index (χ1) is 5.25. The molecule has 11 heavy (non-hydrogen) atoms. The van der Waals surface area contributed by atoms with Crippen LogP contribution in [0.1, 0.15) is 13.8 Å². The molecule has 64 valence electrons. The van der Waals surface area contributed by atoms with Crippen LogP contribution in [-0.4, -0.2) is 31.6 Å². The van der Waals surface area contributed by atoms with E-state index in [1.54, 1.807) is 0 Å². The molecule has 1 heterocycles. The third kappa shape index (κ3) is 2.01. The van der Waals surface area contributed by atoms with Crippen molar-refractivity contribution in [1.82, 2.24) is 5.32 Å². The summed E-state index contributed by atoms with van der Waals surface area (Å²) in [6, 6.07) is 0. The fourth-order valence-electron chi connectivity index (χ4n) is 1.19. The molecule has 0 aliphatic carbocycles. The molecule has 1 fully saturated rings. The summed E-state index contributed by atoms with van der Waals surface area (Å²) < 4.78 is 5.27. The summed E-state index contributed by atoms with van der Waals surface area (Å²) in [4.78, 5) is 11.0. The fourth-order valence-corrected chi connectivity index (χ4v) is 1.19. The second-order valence-electron chi connectivity index (χ2n) is 2.91. The molecule has 0 amide bonds. The van der Waals surface area contributed by atoms with E-state index in [4.69, 9.17) is 4.74 Å². The van der Waals surface area contributed by atoms with E-state index in [0.717, 1.165) is 13.1 Å². The molecule has 0 aromatic rings. The molecule has 2 atom stereocenters. The van der Waals surface area contributed by atoms with Crippen molar-refractivity contribution in [1.29, 1.82) is 0 Å². The van der Waals surface area contributed by atoms with Crippen LogP contribution in [0, 0.1) is 5.92 Å². The third-order valence-corrected chi connectivity index (χ3v) is 2.10. The van der Waals surface area contributed by atoms with Gasteiger partial charge in [0.1, 0.15) is 6.61 Å². The standard InChI is InChI=1S/C8H15NO2/c1-3-9-4-8-6(2)7(10)5-11-8/h6,8-9H,3-5H2,1-2H3. The van der Waals surface area contributed by atoms with E-state index in [2.05, 4.69) is 5.32 Å². The molecule has 0 bridgehead atoms. The molecule has 0 radical (unpaired) electrons. The van der Waals surface area contributed by atoms with Crippen molar-refractivity contribution in [2.75, 3.05) is 19.7 Å². The average molecular weight is 157 g/mol. The minimum absolute atomic E-state index is 0.0778. The lowest BCUT2D eigenvalue weighted by atomic mass is 10.0. The summed E-state index contributed by atoms with van der Waals surface area (Å²) in [7, 11) is 0. The monoisotopic (exact) mass is 157 g/mol. The van der Waals surface area contributed by atoms with E-state index in [-0.39, 0.29) is 17.8 Å². The molecular formula is C8H15NO2. The van der Waals surface area contributed by atoms with Crippen molar-refractivity contribution < 1.29 is 9.53 Å². The highest BCUT2D eigenvalue weighted by Gasteiger charge is 2.31. The normalized spacial score (nSPS) is 31.3. The maximum atomic E-state index is 11.0. The lowest BCUT2D eigenvalue weighted by Gasteiger charge is -2.12. The molecule has 1 saturated heterocycles. The van der Waals surface area contributed by atoms with Crippen LogP contribution in [0.4, 0.5) is 0 Å². The first kappa shape index (κ1) is 8.68. The molecule has 1 aliphatic heterocycles. The first-order valence-corrected chi connectivity index (χ1v) is 4.10. The van der Waals surface area contributed by atoms with Gasteiger partial charge >= 0.3 is 0 Å². The highest BCUT2D eigenvalue weighted by Crippen LogP contribution is 2.15.